The lowest BCUT2D eigenvalue weighted by atomic mass is 9.94. The van der Waals surface area contributed by atoms with Crippen molar-refractivity contribution in [3.05, 3.63) is 0 Å². The van der Waals surface area contributed by atoms with Crippen LogP contribution >= 0.6 is 0 Å². The van der Waals surface area contributed by atoms with Gasteiger partial charge in [-0.2, -0.15) is 5.26 Å². The minimum atomic E-state index is -1.06. The van der Waals surface area contributed by atoms with Gasteiger partial charge in [-0.25, -0.2) is 0 Å². The molecule has 2 aliphatic rings. The third-order valence-electron chi connectivity index (χ3n) is 3.64. The molecule has 0 amide bonds. The Morgan fingerprint density at radius 1 is 1.35 bits per heavy atom. The van der Waals surface area contributed by atoms with Crippen LogP contribution in [0.4, 0.5) is 0 Å². The minimum absolute atomic E-state index is 0.329. The highest BCUT2D eigenvalue weighted by atomic mass is 16.7. The fraction of sp³-hybridized carbons (Fsp3) is 0.917. The lowest BCUT2D eigenvalue weighted by Gasteiger charge is -2.32. The molecule has 3 atom stereocenters. The molecule has 96 valence electrons. The number of nitriles is 1. The van der Waals surface area contributed by atoms with Crippen LogP contribution in [0.2, 0.25) is 0 Å². The molecule has 0 aromatic heterocycles. The zero-order chi connectivity index (χ0) is 12.3. The number of nitrogens with zero attached hydrogens (tertiary/aromatic N) is 1. The van der Waals surface area contributed by atoms with Gasteiger partial charge in [0.25, 0.3) is 0 Å². The van der Waals surface area contributed by atoms with Crippen molar-refractivity contribution in [1.82, 2.24) is 0 Å². The van der Waals surface area contributed by atoms with Gasteiger partial charge in [-0.15, -0.1) is 0 Å². The van der Waals surface area contributed by atoms with Crippen molar-refractivity contribution >= 4 is 0 Å². The predicted molar refractivity (Wildman–Crippen MR) is 58.8 cm³/mol. The van der Waals surface area contributed by atoms with Crippen LogP contribution in [0.25, 0.3) is 0 Å². The molecule has 5 nitrogen and oxygen atoms in total. The van der Waals surface area contributed by atoms with Crippen LogP contribution in [0.3, 0.4) is 0 Å². The van der Waals surface area contributed by atoms with Crippen LogP contribution in [0.1, 0.15) is 32.1 Å². The Labute approximate surface area is 101 Å². The normalized spacial score (nSPS) is 31.0. The Balaban J connectivity index is 1.98. The molecule has 0 radical (unpaired) electrons. The van der Waals surface area contributed by atoms with E-state index in [1.54, 1.807) is 0 Å². The molecular weight excluding hydrogens is 222 g/mol. The minimum Gasteiger partial charge on any atom is -0.394 e. The molecule has 1 aliphatic carbocycles. The first kappa shape index (κ1) is 12.8. The van der Waals surface area contributed by atoms with E-state index in [9.17, 15) is 5.11 Å². The van der Waals surface area contributed by atoms with E-state index >= 15 is 0 Å². The summed E-state index contributed by atoms with van der Waals surface area (Å²) in [6, 6.07) is 2.00. The van der Waals surface area contributed by atoms with Crippen LogP contribution in [-0.4, -0.2) is 41.4 Å². The van der Waals surface area contributed by atoms with Gasteiger partial charge >= 0.3 is 0 Å². The summed E-state index contributed by atoms with van der Waals surface area (Å²) in [4.78, 5) is 0. The van der Waals surface area contributed by atoms with E-state index in [2.05, 4.69) is 0 Å². The molecule has 0 bridgehead atoms. The Morgan fingerprint density at radius 3 is 2.65 bits per heavy atom. The zero-order valence-electron chi connectivity index (χ0n) is 9.84. The fourth-order valence-electron chi connectivity index (χ4n) is 2.64. The zero-order valence-corrected chi connectivity index (χ0v) is 9.84. The van der Waals surface area contributed by atoms with Gasteiger partial charge in [0.1, 0.15) is 12.0 Å². The molecule has 5 heteroatoms. The summed E-state index contributed by atoms with van der Waals surface area (Å²) in [6.07, 6.45) is 3.57. The molecule has 1 aliphatic heterocycles. The molecule has 1 saturated carbocycles. The maximum atomic E-state index is 9.56. The van der Waals surface area contributed by atoms with Crippen molar-refractivity contribution < 1.29 is 19.7 Å². The lowest BCUT2D eigenvalue weighted by Crippen LogP contribution is -2.38. The van der Waals surface area contributed by atoms with Crippen LogP contribution < -0.4 is 0 Å². The summed E-state index contributed by atoms with van der Waals surface area (Å²) in [5.74, 6) is -1.26. The van der Waals surface area contributed by atoms with Gasteiger partial charge in [0.15, 0.2) is 5.79 Å². The molecule has 1 saturated heterocycles. The summed E-state index contributed by atoms with van der Waals surface area (Å²) >= 11 is 0. The Hall–Kier alpha value is -0.670. The van der Waals surface area contributed by atoms with Gasteiger partial charge in [0.2, 0.25) is 0 Å². The number of ether oxygens (including phenoxy) is 2. The van der Waals surface area contributed by atoms with Crippen LogP contribution in [0.5, 0.6) is 0 Å². The molecule has 0 unspecified atom stereocenters. The van der Waals surface area contributed by atoms with Crippen molar-refractivity contribution in [3.63, 3.8) is 0 Å². The smallest absolute Gasteiger partial charge is 0.168 e. The van der Waals surface area contributed by atoms with Crippen molar-refractivity contribution in [2.45, 2.75) is 50.1 Å². The van der Waals surface area contributed by atoms with Crippen LogP contribution in [0, 0.1) is 17.2 Å². The average molecular weight is 241 g/mol. The largest absolute Gasteiger partial charge is 0.394 e. The summed E-state index contributed by atoms with van der Waals surface area (Å²) in [5.41, 5.74) is 0. The van der Waals surface area contributed by atoms with Gasteiger partial charge in [-0.05, 0) is 12.8 Å². The van der Waals surface area contributed by atoms with E-state index in [4.69, 9.17) is 19.8 Å². The third kappa shape index (κ3) is 2.61. The highest BCUT2D eigenvalue weighted by molar-refractivity contribution is 4.97. The Morgan fingerprint density at radius 2 is 2.06 bits per heavy atom. The second kappa shape index (κ2) is 5.32. The molecule has 0 aromatic rings. The second-order valence-electron chi connectivity index (χ2n) is 4.84. The first-order valence-corrected chi connectivity index (χ1v) is 6.21. The average Bonchev–Trinajstić information content (AvgIpc) is 2.74. The number of aliphatic hydroxyl groups excluding tert-OH is 2. The lowest BCUT2D eigenvalue weighted by molar-refractivity contribution is -0.192. The van der Waals surface area contributed by atoms with E-state index in [0.29, 0.717) is 6.61 Å². The molecule has 2 rings (SSSR count). The number of rotatable bonds is 3. The standard InChI is InChI=1S/C12H19NO4/c13-6-9(10(15)7-14)11-8-16-12(17-11)4-2-1-3-5-12/h9-11,14-15H,1-5,7-8H2/t9-,10-,11+/m0/s1. The van der Waals surface area contributed by atoms with Crippen molar-refractivity contribution in [1.29, 1.82) is 5.26 Å². The van der Waals surface area contributed by atoms with E-state index in [1.165, 1.54) is 6.42 Å². The Bertz CT molecular complexity index is 295. The van der Waals surface area contributed by atoms with Gasteiger partial charge in [0, 0.05) is 12.8 Å². The maximum Gasteiger partial charge on any atom is 0.168 e. The van der Waals surface area contributed by atoms with Crippen LogP contribution in [-0.2, 0) is 9.47 Å². The third-order valence-corrected chi connectivity index (χ3v) is 3.64. The van der Waals surface area contributed by atoms with Gasteiger partial charge in [0.05, 0.1) is 25.4 Å². The fourth-order valence-corrected chi connectivity index (χ4v) is 2.64. The van der Waals surface area contributed by atoms with E-state index in [0.717, 1.165) is 25.7 Å². The highest BCUT2D eigenvalue weighted by Crippen LogP contribution is 2.39. The second-order valence-corrected chi connectivity index (χ2v) is 4.84. The molecule has 2 N–H and O–H groups in total. The van der Waals surface area contributed by atoms with Crippen molar-refractivity contribution in [2.24, 2.45) is 5.92 Å². The molecular formula is C12H19NO4. The Kier molecular flexibility index (Phi) is 4.00. The summed E-state index contributed by atoms with van der Waals surface area (Å²) in [6.45, 7) is -0.0969. The molecule has 1 spiro atoms. The molecule has 2 fully saturated rings. The summed E-state index contributed by atoms with van der Waals surface area (Å²) in [7, 11) is 0. The quantitative estimate of drug-likeness (QED) is 0.754. The van der Waals surface area contributed by atoms with Crippen molar-refractivity contribution in [2.75, 3.05) is 13.2 Å². The first-order chi connectivity index (χ1) is 8.21. The molecule has 1 heterocycles. The van der Waals surface area contributed by atoms with Gasteiger partial charge in [-0.3, -0.25) is 0 Å². The number of aliphatic hydroxyl groups is 2. The number of hydrogen-bond donors (Lipinski definition) is 2. The van der Waals surface area contributed by atoms with Crippen LogP contribution in [0.15, 0.2) is 0 Å². The SMILES string of the molecule is N#C[C@@H]([C@@H](O)CO)[C@H]1COC2(CCCCC2)O1. The first-order valence-electron chi connectivity index (χ1n) is 6.21. The summed E-state index contributed by atoms with van der Waals surface area (Å²) < 4.78 is 11.6. The topological polar surface area (TPSA) is 82.7 Å². The maximum absolute atomic E-state index is 9.56. The molecule has 0 aromatic carbocycles. The van der Waals surface area contributed by atoms with Crippen molar-refractivity contribution in [3.8, 4) is 6.07 Å². The van der Waals surface area contributed by atoms with E-state index in [-0.39, 0.29) is 0 Å². The van der Waals surface area contributed by atoms with E-state index < -0.39 is 30.5 Å². The monoisotopic (exact) mass is 241 g/mol. The molecule has 17 heavy (non-hydrogen) atoms. The van der Waals surface area contributed by atoms with E-state index in [1.807, 2.05) is 6.07 Å². The van der Waals surface area contributed by atoms with Gasteiger partial charge < -0.3 is 19.7 Å². The van der Waals surface area contributed by atoms with Gasteiger partial charge in [-0.1, -0.05) is 6.42 Å². The predicted octanol–water partition coefficient (Wildman–Crippen LogP) is 0.555. The number of hydrogen-bond acceptors (Lipinski definition) is 5. The highest BCUT2D eigenvalue weighted by Gasteiger charge is 2.46. The summed E-state index contributed by atoms with van der Waals surface area (Å²) in [5, 5.41) is 27.5.